The maximum atomic E-state index is 12.8. The van der Waals surface area contributed by atoms with Crippen molar-refractivity contribution in [3.05, 3.63) is 41.4 Å². The number of nitrogens with zero attached hydrogens (tertiary/aromatic N) is 2. The number of carbonyl (C=O) groups is 1. The number of rotatable bonds is 3. The number of anilines is 1. The van der Waals surface area contributed by atoms with Crippen molar-refractivity contribution in [2.24, 2.45) is 5.92 Å². The van der Waals surface area contributed by atoms with E-state index in [1.807, 2.05) is 32.0 Å². The quantitative estimate of drug-likeness (QED) is 0.766. The molecule has 2 aromatic heterocycles. The molecule has 1 N–H and O–H groups in total. The van der Waals surface area contributed by atoms with Crippen LogP contribution >= 0.6 is 0 Å². The van der Waals surface area contributed by atoms with Gasteiger partial charge in [-0.3, -0.25) is 4.79 Å². The monoisotopic (exact) mass is 365 g/mol. The molecular weight excluding hydrogens is 346 g/mol. The van der Waals surface area contributed by atoms with Gasteiger partial charge in [-0.25, -0.2) is 9.97 Å². The van der Waals surface area contributed by atoms with E-state index in [4.69, 9.17) is 13.9 Å². The van der Waals surface area contributed by atoms with Gasteiger partial charge in [0.1, 0.15) is 31.1 Å². The molecule has 7 heteroatoms. The van der Waals surface area contributed by atoms with Gasteiger partial charge in [-0.05, 0) is 43.9 Å². The Morgan fingerprint density at radius 3 is 2.81 bits per heavy atom. The van der Waals surface area contributed by atoms with Crippen LogP contribution in [0.3, 0.4) is 0 Å². The largest absolute Gasteiger partial charge is 0.486 e. The number of ether oxygens (including phenoxy) is 2. The Bertz CT molecular complexity index is 1060. The number of hydrogen-bond acceptors (Lipinski definition) is 6. The molecule has 0 radical (unpaired) electrons. The van der Waals surface area contributed by atoms with Gasteiger partial charge in [0.15, 0.2) is 11.5 Å². The van der Waals surface area contributed by atoms with E-state index in [-0.39, 0.29) is 17.7 Å². The molecule has 0 saturated heterocycles. The van der Waals surface area contributed by atoms with Gasteiger partial charge >= 0.3 is 0 Å². The van der Waals surface area contributed by atoms with Crippen LogP contribution in [0.15, 0.2) is 28.9 Å². The van der Waals surface area contributed by atoms with Crippen LogP contribution in [0, 0.1) is 19.8 Å². The number of amides is 1. The predicted octanol–water partition coefficient (Wildman–Crippen LogP) is 3.35. The maximum absolute atomic E-state index is 12.8. The molecule has 5 rings (SSSR count). The summed E-state index contributed by atoms with van der Waals surface area (Å²) in [6.07, 6.45) is 2.22. The third-order valence-electron chi connectivity index (χ3n) is 5.33. The topological polar surface area (TPSA) is 86.5 Å². The van der Waals surface area contributed by atoms with Crippen LogP contribution in [0.2, 0.25) is 0 Å². The van der Waals surface area contributed by atoms with Crippen LogP contribution in [-0.4, -0.2) is 29.1 Å². The lowest BCUT2D eigenvalue weighted by atomic mass is 10.1. The van der Waals surface area contributed by atoms with Crippen molar-refractivity contribution in [2.75, 3.05) is 18.5 Å². The van der Waals surface area contributed by atoms with Gasteiger partial charge in [0.2, 0.25) is 11.6 Å². The standard InChI is InChI=1S/C20H19N3O4/c1-10-11(2)27-20-17(10)18(21-9-22-20)23-19(24)14-8-13(14)12-3-4-15-16(7-12)26-6-5-25-15/h3-4,7,9,13-14H,5-6,8H2,1-2H3,(H,21,22,23,24). The minimum atomic E-state index is -0.0779. The third kappa shape index (κ3) is 2.70. The van der Waals surface area contributed by atoms with E-state index in [1.165, 1.54) is 6.33 Å². The van der Waals surface area contributed by atoms with Crippen molar-refractivity contribution >= 4 is 22.8 Å². The SMILES string of the molecule is Cc1oc2ncnc(NC(=O)C3CC3c3ccc4c(c3)OCCO4)c2c1C. The minimum absolute atomic E-state index is 0.0341. The molecule has 2 unspecified atom stereocenters. The number of hydrogen-bond donors (Lipinski definition) is 1. The first kappa shape index (κ1) is 16.1. The van der Waals surface area contributed by atoms with Gasteiger partial charge in [-0.15, -0.1) is 0 Å². The molecule has 3 heterocycles. The zero-order valence-electron chi connectivity index (χ0n) is 15.1. The summed E-state index contributed by atoms with van der Waals surface area (Å²) in [6.45, 7) is 4.94. The van der Waals surface area contributed by atoms with Gasteiger partial charge in [0, 0.05) is 11.5 Å². The average molecular weight is 365 g/mol. The van der Waals surface area contributed by atoms with Crippen molar-refractivity contribution < 1.29 is 18.7 Å². The molecule has 0 spiro atoms. The first-order chi connectivity index (χ1) is 13.1. The average Bonchev–Trinajstić information content (AvgIpc) is 3.43. The number of fused-ring (bicyclic) bond motifs is 2. The third-order valence-corrected chi connectivity index (χ3v) is 5.33. The first-order valence-corrected chi connectivity index (χ1v) is 9.03. The van der Waals surface area contributed by atoms with E-state index in [1.54, 1.807) is 0 Å². The Labute approximate surface area is 155 Å². The van der Waals surface area contributed by atoms with Crippen molar-refractivity contribution in [1.82, 2.24) is 9.97 Å². The van der Waals surface area contributed by atoms with Crippen LogP contribution in [0.5, 0.6) is 11.5 Å². The molecule has 7 nitrogen and oxygen atoms in total. The maximum Gasteiger partial charge on any atom is 0.231 e. The molecule has 3 aromatic rings. The lowest BCUT2D eigenvalue weighted by Crippen LogP contribution is -2.16. The number of aryl methyl sites for hydroxylation is 2. The van der Waals surface area contributed by atoms with E-state index in [0.717, 1.165) is 40.2 Å². The second-order valence-corrected chi connectivity index (χ2v) is 7.03. The number of furan rings is 1. The highest BCUT2D eigenvalue weighted by Crippen LogP contribution is 2.50. The van der Waals surface area contributed by atoms with Crippen molar-refractivity contribution in [2.45, 2.75) is 26.2 Å². The normalized spacial score (nSPS) is 20.5. The van der Waals surface area contributed by atoms with E-state index in [9.17, 15) is 4.79 Å². The van der Waals surface area contributed by atoms with Crippen LogP contribution < -0.4 is 14.8 Å². The van der Waals surface area contributed by atoms with E-state index in [2.05, 4.69) is 15.3 Å². The molecule has 1 fully saturated rings. The smallest absolute Gasteiger partial charge is 0.231 e. The number of benzene rings is 1. The zero-order chi connectivity index (χ0) is 18.5. The van der Waals surface area contributed by atoms with Gasteiger partial charge < -0.3 is 19.2 Å². The Morgan fingerprint density at radius 2 is 1.96 bits per heavy atom. The second-order valence-electron chi connectivity index (χ2n) is 7.03. The highest BCUT2D eigenvalue weighted by atomic mass is 16.6. The summed E-state index contributed by atoms with van der Waals surface area (Å²) in [5.41, 5.74) is 2.54. The molecule has 1 saturated carbocycles. The van der Waals surface area contributed by atoms with Crippen LogP contribution in [0.25, 0.3) is 11.1 Å². The molecule has 2 atom stereocenters. The van der Waals surface area contributed by atoms with Crippen LogP contribution in [0.4, 0.5) is 5.82 Å². The second kappa shape index (κ2) is 5.97. The van der Waals surface area contributed by atoms with E-state index in [0.29, 0.717) is 24.7 Å². The fraction of sp³-hybridized carbons (Fsp3) is 0.350. The van der Waals surface area contributed by atoms with Gasteiger partial charge in [-0.2, -0.15) is 0 Å². The molecule has 0 bridgehead atoms. The van der Waals surface area contributed by atoms with E-state index >= 15 is 0 Å². The van der Waals surface area contributed by atoms with Gasteiger partial charge in [-0.1, -0.05) is 6.07 Å². The molecule has 1 aromatic carbocycles. The summed E-state index contributed by atoms with van der Waals surface area (Å²) < 4.78 is 16.8. The molecule has 2 aliphatic rings. The van der Waals surface area contributed by atoms with E-state index < -0.39 is 0 Å². The molecule has 27 heavy (non-hydrogen) atoms. The molecule has 1 aliphatic carbocycles. The molecule has 1 amide bonds. The molecule has 138 valence electrons. The minimum Gasteiger partial charge on any atom is -0.486 e. The van der Waals surface area contributed by atoms with Crippen molar-refractivity contribution in [1.29, 1.82) is 0 Å². The fourth-order valence-corrected chi connectivity index (χ4v) is 3.63. The number of nitrogens with one attached hydrogen (secondary N) is 1. The summed E-state index contributed by atoms with van der Waals surface area (Å²) >= 11 is 0. The highest BCUT2D eigenvalue weighted by molar-refractivity contribution is 6.01. The van der Waals surface area contributed by atoms with Crippen molar-refractivity contribution in [3.63, 3.8) is 0 Å². The first-order valence-electron chi connectivity index (χ1n) is 9.03. The lowest BCUT2D eigenvalue weighted by molar-refractivity contribution is -0.117. The Balaban J connectivity index is 1.35. The zero-order valence-corrected chi connectivity index (χ0v) is 15.1. The van der Waals surface area contributed by atoms with Crippen LogP contribution in [-0.2, 0) is 4.79 Å². The summed E-state index contributed by atoms with van der Waals surface area (Å²) in [7, 11) is 0. The lowest BCUT2D eigenvalue weighted by Gasteiger charge is -2.18. The van der Waals surface area contributed by atoms with Gasteiger partial charge in [0.05, 0.1) is 5.39 Å². The Kier molecular flexibility index (Phi) is 3.56. The Hall–Kier alpha value is -3.09. The summed E-state index contributed by atoms with van der Waals surface area (Å²) in [6, 6.07) is 5.92. The summed E-state index contributed by atoms with van der Waals surface area (Å²) in [4.78, 5) is 21.1. The molecule has 1 aliphatic heterocycles. The Morgan fingerprint density at radius 1 is 1.15 bits per heavy atom. The fourth-order valence-electron chi connectivity index (χ4n) is 3.63. The summed E-state index contributed by atoms with van der Waals surface area (Å²) in [5, 5.41) is 3.72. The number of carbonyl (C=O) groups excluding carboxylic acids is 1. The van der Waals surface area contributed by atoms with Gasteiger partial charge in [0.25, 0.3) is 0 Å². The van der Waals surface area contributed by atoms with Crippen molar-refractivity contribution in [3.8, 4) is 11.5 Å². The molecular formula is C20H19N3O4. The predicted molar refractivity (Wildman–Crippen MR) is 98.2 cm³/mol. The number of aromatic nitrogens is 2. The summed E-state index contributed by atoms with van der Waals surface area (Å²) in [5.74, 6) is 2.88. The highest BCUT2D eigenvalue weighted by Gasteiger charge is 2.44. The van der Waals surface area contributed by atoms with Crippen LogP contribution in [0.1, 0.15) is 29.2 Å².